The maximum absolute atomic E-state index is 8.00. The van der Waals surface area contributed by atoms with Crippen LogP contribution in [0.3, 0.4) is 0 Å². The molecule has 0 aromatic heterocycles. The van der Waals surface area contributed by atoms with Crippen molar-refractivity contribution in [1.82, 2.24) is 0 Å². The maximum atomic E-state index is 8.00. The van der Waals surface area contributed by atoms with Crippen molar-refractivity contribution in [3.63, 3.8) is 0 Å². The highest BCUT2D eigenvalue weighted by Gasteiger charge is 0.707. The van der Waals surface area contributed by atoms with Gasteiger partial charge in [-0.2, -0.15) is 0 Å². The third kappa shape index (κ3) is 9.90. The Balaban J connectivity index is -0.0000000133. The van der Waals surface area contributed by atoms with E-state index in [1.54, 1.807) is 0 Å². The Kier molecular flexibility index (Phi) is 179. The smallest absolute Gasteiger partial charge is 0.106 e. The van der Waals surface area contributed by atoms with Crippen LogP contribution in [0.2, 0.25) is 0 Å². The van der Waals surface area contributed by atoms with Crippen LogP contribution >= 0.6 is 0 Å². The molecular formula is C2H6O3. The molecule has 0 bridgehead atoms. The van der Waals surface area contributed by atoms with E-state index in [1.165, 1.54) is 0 Å². The van der Waals surface area contributed by atoms with Gasteiger partial charge in [0.15, 0.2) is 0 Å². The molecule has 0 rings (SSSR count). The molecule has 0 fully saturated rings. The van der Waals surface area contributed by atoms with Crippen molar-refractivity contribution in [1.29, 1.82) is 0 Å². The minimum absolute atomic E-state index is 0. The number of hydrogen-bond donors (Lipinski definition) is 0. The first kappa shape index (κ1) is 28.3. The van der Waals surface area contributed by atoms with Crippen molar-refractivity contribution in [3.05, 3.63) is 9.93 Å². The Morgan fingerprint density at radius 2 is 1.00 bits per heavy atom. The Hall–Kier alpha value is -0.730. The molecule has 32 valence electrons. The summed E-state index contributed by atoms with van der Waals surface area (Å²) in [4.78, 5) is 22.0. The van der Waals surface area contributed by atoms with Crippen LogP contribution in [-0.4, -0.2) is 6.79 Å². The summed E-state index contributed by atoms with van der Waals surface area (Å²) < 4.78 is 0. The fourth-order valence-corrected chi connectivity index (χ4v) is 0. The SMILES string of the molecule is C.C=O.O=O. The molecule has 0 saturated carbocycles. The lowest BCUT2D eigenvalue weighted by Crippen LogP contribution is -0.925. The van der Waals surface area contributed by atoms with Gasteiger partial charge in [0.2, 0.25) is 0 Å². The maximum Gasteiger partial charge on any atom is 0.106 e. The van der Waals surface area contributed by atoms with E-state index in [0.717, 1.165) is 0 Å². The molecule has 0 spiro atoms. The molecule has 0 radical (unpaired) electrons. The average molecular weight is 78.1 g/mol. The Morgan fingerprint density at radius 1 is 1.00 bits per heavy atom. The van der Waals surface area contributed by atoms with Crippen molar-refractivity contribution < 1.29 is 4.79 Å². The Labute approximate surface area is 30.2 Å². The van der Waals surface area contributed by atoms with Crippen LogP contribution in [0.15, 0.2) is 0 Å². The van der Waals surface area contributed by atoms with E-state index in [-0.39, 0.29) is 7.43 Å². The standard InChI is InChI=1S/CH2O.CH4.O2/c1-2;;1-2/h1H2;1H4;. The summed E-state index contributed by atoms with van der Waals surface area (Å²) in [5.41, 5.74) is 0. The average Bonchev–Trinajstić information content (AvgIpc) is 1.50. The van der Waals surface area contributed by atoms with Gasteiger partial charge in [0.1, 0.15) is 6.79 Å². The summed E-state index contributed by atoms with van der Waals surface area (Å²) >= 11 is 0. The minimum Gasteiger partial charge on any atom is -0.307 e. The molecule has 0 saturated heterocycles. The third-order valence-corrected chi connectivity index (χ3v) is 0. The first-order chi connectivity index (χ1) is 2.00. The number of hydrogen-bond acceptors (Lipinski definition) is 3. The molecule has 3 nitrogen and oxygen atoms in total. The summed E-state index contributed by atoms with van der Waals surface area (Å²) in [5.74, 6) is 0. The minimum atomic E-state index is 0. The van der Waals surface area contributed by atoms with Gasteiger partial charge in [0, 0.05) is 9.93 Å². The number of carbonyl (C=O) groups is 1. The van der Waals surface area contributed by atoms with Crippen molar-refractivity contribution in [3.8, 4) is 0 Å². The second kappa shape index (κ2) is 31.6. The summed E-state index contributed by atoms with van der Waals surface area (Å²) in [6, 6.07) is 0. The van der Waals surface area contributed by atoms with Gasteiger partial charge in [0.05, 0.1) is 0 Å². The van der Waals surface area contributed by atoms with Crippen LogP contribution in [0.1, 0.15) is 7.43 Å². The lowest BCUT2D eigenvalue weighted by atomic mass is 11.9. The molecule has 0 aliphatic rings. The molecule has 0 aliphatic carbocycles. The molecule has 0 aromatic carbocycles. The van der Waals surface area contributed by atoms with E-state index in [9.17, 15) is 0 Å². The fourth-order valence-electron chi connectivity index (χ4n) is 0. The zero-order valence-electron chi connectivity index (χ0n) is 1.93. The van der Waals surface area contributed by atoms with Gasteiger partial charge in [-0.1, -0.05) is 7.43 Å². The van der Waals surface area contributed by atoms with Gasteiger partial charge in [-0.05, 0) is 0 Å². The van der Waals surface area contributed by atoms with Crippen LogP contribution in [0.25, 0.3) is 0 Å². The predicted octanol–water partition coefficient (Wildman–Crippen LogP) is 0.518. The topological polar surface area (TPSA) is 51.2 Å². The predicted molar refractivity (Wildman–Crippen MR) is 20.6 cm³/mol. The summed E-state index contributed by atoms with van der Waals surface area (Å²) in [6.45, 7) is 2.00. The Bertz CT molecular complexity index is 6.85. The van der Waals surface area contributed by atoms with Gasteiger partial charge < -0.3 is 4.79 Å². The molecule has 3 heteroatoms. The van der Waals surface area contributed by atoms with Crippen LogP contribution in [0.5, 0.6) is 0 Å². The first-order valence-electron chi connectivity index (χ1n) is 0.455. The van der Waals surface area contributed by atoms with Gasteiger partial charge in [-0.15, -0.1) is 0 Å². The zero-order chi connectivity index (χ0) is 4.00. The van der Waals surface area contributed by atoms with Crippen LogP contribution in [0.4, 0.5) is 0 Å². The quantitative estimate of drug-likeness (QED) is 0.424. The highest BCUT2D eigenvalue weighted by atomic mass is 16.7. The van der Waals surface area contributed by atoms with E-state index in [2.05, 4.69) is 0 Å². The molecule has 0 aromatic rings. The molecule has 0 heterocycles. The van der Waals surface area contributed by atoms with Gasteiger partial charge in [0.25, 0.3) is 0 Å². The highest BCUT2D eigenvalue weighted by molar-refractivity contribution is 5.10. The monoisotopic (exact) mass is 78.0 g/mol. The second-order valence-corrected chi connectivity index (χ2v) is 0. The summed E-state index contributed by atoms with van der Waals surface area (Å²) in [5, 5.41) is 0. The van der Waals surface area contributed by atoms with Crippen molar-refractivity contribution in [2.24, 2.45) is 0 Å². The summed E-state index contributed by atoms with van der Waals surface area (Å²) in [6.07, 6.45) is 0. The van der Waals surface area contributed by atoms with Crippen molar-refractivity contribution in [2.75, 3.05) is 0 Å². The van der Waals surface area contributed by atoms with Crippen LogP contribution in [0, 0.1) is 9.93 Å². The lowest BCUT2D eigenvalue weighted by molar-refractivity contribution is -0.0979. The molecule has 0 N–H and O–H groups in total. The number of rotatable bonds is 0. The lowest BCUT2D eigenvalue weighted by Gasteiger charge is -0.837. The van der Waals surface area contributed by atoms with E-state index in [0.29, 0.717) is 0 Å². The van der Waals surface area contributed by atoms with Crippen LogP contribution in [-0.2, 0) is 4.79 Å². The van der Waals surface area contributed by atoms with Gasteiger partial charge in [-0.25, -0.2) is 0 Å². The zero-order valence-corrected chi connectivity index (χ0v) is 1.93. The highest BCUT2D eigenvalue weighted by Crippen LogP contribution is 0.741. The molecule has 5 heavy (non-hydrogen) atoms. The third-order valence-electron chi connectivity index (χ3n) is 0. The van der Waals surface area contributed by atoms with E-state index in [4.69, 9.17) is 14.7 Å². The van der Waals surface area contributed by atoms with Gasteiger partial charge in [-0.3, -0.25) is 0 Å². The first-order valence-corrected chi connectivity index (χ1v) is 0.455. The molecule has 0 aliphatic heterocycles. The number of carbonyl (C=O) groups excluding carboxylic acids is 1. The van der Waals surface area contributed by atoms with Crippen molar-refractivity contribution in [2.45, 2.75) is 7.43 Å². The molecule has 0 atom stereocenters. The van der Waals surface area contributed by atoms with E-state index >= 15 is 0 Å². The van der Waals surface area contributed by atoms with Crippen LogP contribution < -0.4 is 0 Å². The van der Waals surface area contributed by atoms with Crippen molar-refractivity contribution >= 4 is 6.79 Å². The molecular weight excluding hydrogens is 72.0 g/mol. The normalized spacial score (nSPS) is 1.60. The Morgan fingerprint density at radius 3 is 1.00 bits per heavy atom. The van der Waals surface area contributed by atoms with E-state index < -0.39 is 0 Å². The van der Waals surface area contributed by atoms with Gasteiger partial charge >= 0.3 is 0 Å². The fraction of sp³-hybridized carbons (Fsp3) is 0.500. The second-order valence-electron chi connectivity index (χ2n) is 0. The molecule has 0 amide bonds. The summed E-state index contributed by atoms with van der Waals surface area (Å²) in [7, 11) is 0. The largest absolute Gasteiger partial charge is 0.307 e. The molecule has 0 unspecified atom stereocenters. The van der Waals surface area contributed by atoms with E-state index in [1.807, 2.05) is 6.79 Å².